The van der Waals surface area contributed by atoms with Gasteiger partial charge in [-0.3, -0.25) is 4.79 Å². The summed E-state index contributed by atoms with van der Waals surface area (Å²) in [5.41, 5.74) is -1.19. The Balaban J connectivity index is 2.65. The Morgan fingerprint density at radius 3 is 2.60 bits per heavy atom. The molecule has 0 aliphatic carbocycles. The van der Waals surface area contributed by atoms with Crippen molar-refractivity contribution in [3.8, 4) is 5.75 Å². The number of pyridine rings is 1. The highest BCUT2D eigenvalue weighted by Crippen LogP contribution is 2.27. The first-order valence-corrected chi connectivity index (χ1v) is 5.32. The lowest BCUT2D eigenvalue weighted by atomic mass is 10.1. The first kappa shape index (κ1) is 13.9. The lowest BCUT2D eigenvalue weighted by molar-refractivity contribution is -0.274. The molecule has 0 radical (unpaired) electrons. The van der Waals surface area contributed by atoms with Crippen LogP contribution in [0, 0.1) is 0 Å². The van der Waals surface area contributed by atoms with E-state index in [-0.39, 0.29) is 16.5 Å². The van der Waals surface area contributed by atoms with Crippen LogP contribution in [0.2, 0.25) is 0 Å². The van der Waals surface area contributed by atoms with Crippen LogP contribution in [0.3, 0.4) is 0 Å². The van der Waals surface area contributed by atoms with Crippen LogP contribution >= 0.6 is 0 Å². The van der Waals surface area contributed by atoms with Gasteiger partial charge in [0.15, 0.2) is 5.75 Å². The van der Waals surface area contributed by atoms with Crippen LogP contribution in [-0.2, 0) is 4.74 Å². The number of alkyl halides is 3. The summed E-state index contributed by atoms with van der Waals surface area (Å²) >= 11 is 0. The third-order valence-electron chi connectivity index (χ3n) is 2.51. The monoisotopic (exact) mass is 287 g/mol. The minimum absolute atomic E-state index is 0.102. The average Bonchev–Trinajstić information content (AvgIpc) is 2.37. The molecule has 8 heteroatoms. The Hall–Kier alpha value is -2.51. The molecule has 0 fully saturated rings. The Morgan fingerprint density at radius 1 is 1.30 bits per heavy atom. The number of halogens is 3. The van der Waals surface area contributed by atoms with Gasteiger partial charge in [-0.1, -0.05) is 6.07 Å². The summed E-state index contributed by atoms with van der Waals surface area (Å²) in [6, 6.07) is 3.56. The number of H-pyrrole nitrogens is 1. The van der Waals surface area contributed by atoms with Crippen molar-refractivity contribution in [1.29, 1.82) is 0 Å². The summed E-state index contributed by atoms with van der Waals surface area (Å²) < 4.78 is 44.9. The number of para-hydroxylation sites is 1. The average molecular weight is 287 g/mol. The molecule has 1 aromatic carbocycles. The van der Waals surface area contributed by atoms with Crippen molar-refractivity contribution in [3.05, 3.63) is 40.2 Å². The summed E-state index contributed by atoms with van der Waals surface area (Å²) in [6.07, 6.45) is -3.90. The van der Waals surface area contributed by atoms with Crippen molar-refractivity contribution in [1.82, 2.24) is 4.98 Å². The van der Waals surface area contributed by atoms with Crippen molar-refractivity contribution >= 4 is 16.9 Å². The number of hydrogen-bond donors (Lipinski definition) is 1. The molecule has 1 aromatic heterocycles. The summed E-state index contributed by atoms with van der Waals surface area (Å²) in [5, 5.41) is -0.102. The fraction of sp³-hybridized carbons (Fsp3) is 0.167. The quantitative estimate of drug-likeness (QED) is 0.860. The number of ether oxygens (including phenoxy) is 2. The Labute approximate surface area is 109 Å². The van der Waals surface area contributed by atoms with E-state index in [4.69, 9.17) is 0 Å². The van der Waals surface area contributed by atoms with Gasteiger partial charge in [0.05, 0.1) is 18.0 Å². The number of carbonyl (C=O) groups excluding carboxylic acids is 1. The van der Waals surface area contributed by atoms with E-state index in [1.54, 1.807) is 0 Å². The van der Waals surface area contributed by atoms with Crippen molar-refractivity contribution in [2.24, 2.45) is 0 Å². The SMILES string of the molecule is COC(=O)c1c[nH]c2c(OC(F)(F)F)cccc2c1=O. The van der Waals surface area contributed by atoms with Gasteiger partial charge in [0.2, 0.25) is 5.43 Å². The molecule has 5 nitrogen and oxygen atoms in total. The number of aromatic amines is 1. The molecule has 0 atom stereocenters. The number of rotatable bonds is 2. The first-order valence-electron chi connectivity index (χ1n) is 5.32. The third-order valence-corrected chi connectivity index (χ3v) is 2.51. The number of methoxy groups -OCH3 is 1. The highest BCUT2D eigenvalue weighted by molar-refractivity contribution is 5.94. The molecule has 0 aliphatic rings. The van der Waals surface area contributed by atoms with Gasteiger partial charge in [-0.15, -0.1) is 13.2 Å². The zero-order valence-corrected chi connectivity index (χ0v) is 10.1. The molecular weight excluding hydrogens is 279 g/mol. The molecule has 20 heavy (non-hydrogen) atoms. The largest absolute Gasteiger partial charge is 0.573 e. The molecule has 1 N–H and O–H groups in total. The maximum Gasteiger partial charge on any atom is 0.573 e. The van der Waals surface area contributed by atoms with Gasteiger partial charge in [-0.05, 0) is 12.1 Å². The van der Waals surface area contributed by atoms with Crippen LogP contribution in [-0.4, -0.2) is 24.4 Å². The second kappa shape index (κ2) is 4.87. The van der Waals surface area contributed by atoms with Crippen LogP contribution in [0.4, 0.5) is 13.2 Å². The van der Waals surface area contributed by atoms with Gasteiger partial charge in [-0.2, -0.15) is 0 Å². The summed E-state index contributed by atoms with van der Waals surface area (Å²) in [5.74, 6) is -1.43. The molecule has 2 rings (SSSR count). The molecule has 2 aromatic rings. The fourth-order valence-electron chi connectivity index (χ4n) is 1.70. The molecule has 0 spiro atoms. The van der Waals surface area contributed by atoms with E-state index in [9.17, 15) is 22.8 Å². The Bertz CT molecular complexity index is 721. The zero-order valence-electron chi connectivity index (χ0n) is 10.1. The van der Waals surface area contributed by atoms with Crippen LogP contribution in [0.5, 0.6) is 5.75 Å². The zero-order chi connectivity index (χ0) is 14.9. The third kappa shape index (κ3) is 2.58. The minimum atomic E-state index is -4.88. The second-order valence-corrected chi connectivity index (χ2v) is 3.75. The number of hydrogen-bond acceptors (Lipinski definition) is 4. The number of aromatic nitrogens is 1. The summed E-state index contributed by atoms with van der Waals surface area (Å²) in [6.45, 7) is 0. The smallest absolute Gasteiger partial charge is 0.465 e. The Morgan fingerprint density at radius 2 is 2.00 bits per heavy atom. The second-order valence-electron chi connectivity index (χ2n) is 3.75. The molecule has 0 amide bonds. The highest BCUT2D eigenvalue weighted by atomic mass is 19.4. The summed E-state index contributed by atoms with van der Waals surface area (Å²) in [4.78, 5) is 25.8. The number of nitrogens with one attached hydrogen (secondary N) is 1. The number of benzene rings is 1. The van der Waals surface area contributed by atoms with Crippen molar-refractivity contribution < 1.29 is 27.4 Å². The van der Waals surface area contributed by atoms with Gasteiger partial charge in [0, 0.05) is 6.20 Å². The van der Waals surface area contributed by atoms with E-state index in [2.05, 4.69) is 14.5 Å². The topological polar surface area (TPSA) is 68.4 Å². The molecule has 0 saturated carbocycles. The predicted molar refractivity (Wildman–Crippen MR) is 62.6 cm³/mol. The van der Waals surface area contributed by atoms with Crippen molar-refractivity contribution in [2.75, 3.05) is 7.11 Å². The lowest BCUT2D eigenvalue weighted by Gasteiger charge is -2.11. The molecule has 1 heterocycles. The number of carbonyl (C=O) groups is 1. The van der Waals surface area contributed by atoms with Gasteiger partial charge in [-0.25, -0.2) is 4.79 Å². The summed E-state index contributed by atoms with van der Waals surface area (Å²) in [7, 11) is 1.09. The molecule has 0 aliphatic heterocycles. The molecule has 106 valence electrons. The molecule has 0 saturated heterocycles. The standard InChI is InChI=1S/C12H8F3NO4/c1-19-11(18)7-5-16-9-6(10(7)17)3-2-4-8(9)20-12(13,14)15/h2-5H,1H3,(H,16,17). The van der Waals surface area contributed by atoms with E-state index in [0.717, 1.165) is 19.4 Å². The van der Waals surface area contributed by atoms with Gasteiger partial charge in [0.1, 0.15) is 5.56 Å². The van der Waals surface area contributed by atoms with E-state index in [0.29, 0.717) is 0 Å². The van der Waals surface area contributed by atoms with E-state index in [1.807, 2.05) is 0 Å². The maximum atomic E-state index is 12.2. The van der Waals surface area contributed by atoms with Crippen LogP contribution < -0.4 is 10.2 Å². The van der Waals surface area contributed by atoms with E-state index in [1.165, 1.54) is 12.1 Å². The van der Waals surface area contributed by atoms with E-state index >= 15 is 0 Å². The fourth-order valence-corrected chi connectivity index (χ4v) is 1.70. The number of fused-ring (bicyclic) bond motifs is 1. The molecule has 0 bridgehead atoms. The predicted octanol–water partition coefficient (Wildman–Crippen LogP) is 2.21. The number of esters is 1. The first-order chi connectivity index (χ1) is 9.33. The maximum absolute atomic E-state index is 12.2. The Kier molecular flexibility index (Phi) is 3.39. The van der Waals surface area contributed by atoms with Crippen LogP contribution in [0.1, 0.15) is 10.4 Å². The van der Waals surface area contributed by atoms with Gasteiger partial charge < -0.3 is 14.5 Å². The minimum Gasteiger partial charge on any atom is -0.465 e. The lowest BCUT2D eigenvalue weighted by Crippen LogP contribution is -2.20. The van der Waals surface area contributed by atoms with Gasteiger partial charge in [0.25, 0.3) is 0 Å². The van der Waals surface area contributed by atoms with Gasteiger partial charge >= 0.3 is 12.3 Å². The molecule has 0 unspecified atom stereocenters. The van der Waals surface area contributed by atoms with Crippen molar-refractivity contribution in [3.63, 3.8) is 0 Å². The highest BCUT2D eigenvalue weighted by Gasteiger charge is 2.32. The molecular formula is C12H8F3NO4. The van der Waals surface area contributed by atoms with Crippen LogP contribution in [0.15, 0.2) is 29.2 Å². The van der Waals surface area contributed by atoms with E-state index < -0.39 is 23.5 Å². The van der Waals surface area contributed by atoms with Crippen molar-refractivity contribution in [2.45, 2.75) is 6.36 Å². The normalized spacial score (nSPS) is 11.4. The van der Waals surface area contributed by atoms with Crippen LogP contribution in [0.25, 0.3) is 10.9 Å².